The molecule has 1 aliphatic heterocycles. The minimum absolute atomic E-state index is 0.0421. The first kappa shape index (κ1) is 26.6. The molecule has 0 bridgehead atoms. The van der Waals surface area contributed by atoms with Crippen LogP contribution < -0.4 is 10.3 Å². The van der Waals surface area contributed by atoms with Crippen LogP contribution in [0.2, 0.25) is 0 Å². The van der Waals surface area contributed by atoms with Crippen molar-refractivity contribution in [3.05, 3.63) is 99.8 Å². The summed E-state index contributed by atoms with van der Waals surface area (Å²) in [5.41, 5.74) is -2.80. The van der Waals surface area contributed by atoms with Crippen LogP contribution >= 0.6 is 0 Å². The van der Waals surface area contributed by atoms with Crippen LogP contribution in [0.4, 0.5) is 13.2 Å². The van der Waals surface area contributed by atoms with Gasteiger partial charge in [0.05, 0.1) is 12.7 Å². The summed E-state index contributed by atoms with van der Waals surface area (Å²) in [5.74, 6) is -0.884. The maximum Gasteiger partial charge on any atom is 0.416 e. The van der Waals surface area contributed by atoms with E-state index in [0.29, 0.717) is 0 Å². The Bertz CT molecular complexity index is 1790. The average Bonchev–Trinajstić information content (AvgIpc) is 2.90. The fourth-order valence-electron chi connectivity index (χ4n) is 5.07. The van der Waals surface area contributed by atoms with Crippen LogP contribution in [-0.2, 0) is 37.7 Å². The average molecular weight is 557 g/mol. The molecule has 7 nitrogen and oxygen atoms in total. The monoisotopic (exact) mass is 556 g/mol. The molecule has 0 aliphatic carbocycles. The van der Waals surface area contributed by atoms with Crippen molar-refractivity contribution in [3.63, 3.8) is 0 Å². The summed E-state index contributed by atoms with van der Waals surface area (Å²) in [5, 5.41) is 1.15. The first-order valence-electron chi connectivity index (χ1n) is 11.9. The number of pyridine rings is 1. The van der Waals surface area contributed by atoms with Gasteiger partial charge in [-0.05, 0) is 52.9 Å². The zero-order valence-corrected chi connectivity index (χ0v) is 21.7. The van der Waals surface area contributed by atoms with Crippen LogP contribution in [0.15, 0.2) is 82.6 Å². The summed E-state index contributed by atoms with van der Waals surface area (Å²) in [7, 11) is -3.34. The van der Waals surface area contributed by atoms with Gasteiger partial charge in [0.2, 0.25) is 0 Å². The summed E-state index contributed by atoms with van der Waals surface area (Å²) in [6.45, 7) is 0.866. The second kappa shape index (κ2) is 9.35. The molecule has 1 unspecified atom stereocenters. The molecule has 0 amide bonds. The first-order valence-corrected chi connectivity index (χ1v) is 13.4. The van der Waals surface area contributed by atoms with Gasteiger partial charge in [-0.25, -0.2) is 17.9 Å². The highest BCUT2D eigenvalue weighted by Gasteiger charge is 2.47. The lowest BCUT2D eigenvalue weighted by Crippen LogP contribution is -2.58. The molecule has 0 saturated heterocycles. The van der Waals surface area contributed by atoms with Gasteiger partial charge in [0.1, 0.15) is 0 Å². The molecule has 0 spiro atoms. The van der Waals surface area contributed by atoms with Gasteiger partial charge in [-0.3, -0.25) is 9.36 Å². The zero-order chi connectivity index (χ0) is 28.2. The third kappa shape index (κ3) is 4.51. The number of rotatable bonds is 4. The van der Waals surface area contributed by atoms with E-state index in [2.05, 4.69) is 4.72 Å². The number of fused-ring (bicyclic) bond motifs is 2. The van der Waals surface area contributed by atoms with Crippen molar-refractivity contribution >= 4 is 26.8 Å². The van der Waals surface area contributed by atoms with Crippen molar-refractivity contribution in [3.8, 4) is 11.1 Å². The normalized spacial score (nSPS) is 18.5. The molecule has 1 N–H and O–H groups in total. The van der Waals surface area contributed by atoms with Crippen molar-refractivity contribution < 1.29 is 31.1 Å². The summed E-state index contributed by atoms with van der Waals surface area (Å²) in [4.78, 5) is 26.4. The number of methoxy groups -OCH3 is 1. The molecule has 4 aromatic rings. The molecule has 0 saturated carbocycles. The van der Waals surface area contributed by atoms with E-state index in [9.17, 15) is 31.2 Å². The second-order valence-corrected chi connectivity index (χ2v) is 11.2. The Kier molecular flexibility index (Phi) is 6.39. The van der Waals surface area contributed by atoms with Gasteiger partial charge in [-0.15, -0.1) is 0 Å². The van der Waals surface area contributed by atoms with Crippen LogP contribution in [0.1, 0.15) is 23.6 Å². The van der Waals surface area contributed by atoms with Gasteiger partial charge in [0.25, 0.3) is 15.6 Å². The number of carbonyl (C=O) groups is 1. The van der Waals surface area contributed by atoms with Crippen LogP contribution in [0.5, 0.6) is 0 Å². The number of nitrogens with zero attached hydrogens (tertiary/aromatic N) is 1. The molecule has 1 aliphatic rings. The van der Waals surface area contributed by atoms with E-state index in [-0.39, 0.29) is 23.1 Å². The Labute approximate surface area is 221 Å². The predicted octanol–water partition coefficient (Wildman–Crippen LogP) is 4.46. The largest absolute Gasteiger partial charge is 0.467 e. The van der Waals surface area contributed by atoms with Crippen molar-refractivity contribution in [1.82, 2.24) is 9.29 Å². The van der Waals surface area contributed by atoms with Crippen LogP contribution in [0.25, 0.3) is 21.9 Å². The molecule has 0 fully saturated rings. The highest BCUT2D eigenvalue weighted by Crippen LogP contribution is 2.39. The van der Waals surface area contributed by atoms with Gasteiger partial charge < -0.3 is 4.74 Å². The lowest BCUT2D eigenvalue weighted by Gasteiger charge is -2.36. The molecule has 0 radical (unpaired) electrons. The number of aromatic nitrogens is 1. The molecular formula is C28H23F3N2O5S. The van der Waals surface area contributed by atoms with Crippen LogP contribution in [0.3, 0.4) is 0 Å². The standard InChI is InChI=1S/C28H23F3N2O5S/c1-27(26(35)38-2)16-32-39(36,37)25-24(19-10-6-11-21(14-19)28(29,30)31)20(15-23(34)33(25)27)13-18-9-5-8-17-7-3-4-12-22(17)18/h3-12,14-15,32H,13,16H2,1-2H3. The van der Waals surface area contributed by atoms with E-state index in [1.165, 1.54) is 25.1 Å². The Morgan fingerprint density at radius 3 is 2.44 bits per heavy atom. The molecule has 1 aromatic heterocycles. The predicted molar refractivity (Wildman–Crippen MR) is 139 cm³/mol. The quantitative estimate of drug-likeness (QED) is 0.375. The Balaban J connectivity index is 1.88. The maximum absolute atomic E-state index is 13.7. The minimum Gasteiger partial charge on any atom is -0.467 e. The number of alkyl halides is 3. The van der Waals surface area contributed by atoms with Gasteiger partial charge >= 0.3 is 12.1 Å². The number of carbonyl (C=O) groups excluding carboxylic acids is 1. The number of ether oxygens (including phenoxy) is 1. The highest BCUT2D eigenvalue weighted by molar-refractivity contribution is 7.89. The van der Waals surface area contributed by atoms with E-state index in [1.54, 1.807) is 12.1 Å². The molecular weight excluding hydrogens is 533 g/mol. The van der Waals surface area contributed by atoms with Gasteiger partial charge in [0.15, 0.2) is 10.6 Å². The van der Waals surface area contributed by atoms with Crippen LogP contribution in [0, 0.1) is 0 Å². The number of nitrogens with one attached hydrogen (secondary N) is 1. The minimum atomic E-state index is -4.70. The molecule has 2 heterocycles. The van der Waals surface area contributed by atoms with Gasteiger partial charge in [-0.2, -0.15) is 13.2 Å². The number of esters is 1. The van der Waals surface area contributed by atoms with E-state index in [1.807, 2.05) is 30.3 Å². The van der Waals surface area contributed by atoms with Crippen LogP contribution in [-0.4, -0.2) is 32.6 Å². The van der Waals surface area contributed by atoms with Crippen molar-refractivity contribution in [1.29, 1.82) is 0 Å². The van der Waals surface area contributed by atoms with E-state index in [0.717, 1.165) is 40.1 Å². The molecule has 202 valence electrons. The van der Waals surface area contributed by atoms with E-state index < -0.39 is 50.4 Å². The van der Waals surface area contributed by atoms with E-state index >= 15 is 0 Å². The van der Waals surface area contributed by atoms with Gasteiger partial charge in [-0.1, -0.05) is 54.6 Å². The molecule has 11 heteroatoms. The first-order chi connectivity index (χ1) is 18.4. The molecule has 39 heavy (non-hydrogen) atoms. The third-order valence-corrected chi connectivity index (χ3v) is 8.40. The third-order valence-electron chi connectivity index (χ3n) is 6.98. The lowest BCUT2D eigenvalue weighted by atomic mass is 9.92. The second-order valence-electron chi connectivity index (χ2n) is 9.51. The summed E-state index contributed by atoms with van der Waals surface area (Å²) in [6, 6.07) is 18.4. The fraction of sp³-hybridized carbons (Fsp3) is 0.214. The lowest BCUT2D eigenvalue weighted by molar-refractivity contribution is -0.150. The molecule has 5 rings (SSSR count). The zero-order valence-electron chi connectivity index (χ0n) is 20.9. The fourth-order valence-corrected chi connectivity index (χ4v) is 6.73. The summed E-state index contributed by atoms with van der Waals surface area (Å²) in [6.07, 6.45) is -4.66. The number of sulfonamides is 1. The number of hydrogen-bond acceptors (Lipinski definition) is 5. The Hall–Kier alpha value is -3.96. The number of halogens is 3. The van der Waals surface area contributed by atoms with Crippen molar-refractivity contribution in [2.45, 2.75) is 30.1 Å². The number of benzene rings is 3. The smallest absolute Gasteiger partial charge is 0.416 e. The van der Waals surface area contributed by atoms with Gasteiger partial charge in [0, 0.05) is 18.2 Å². The molecule has 1 atom stereocenters. The highest BCUT2D eigenvalue weighted by atomic mass is 32.2. The number of hydrogen-bond donors (Lipinski definition) is 1. The molecule has 3 aromatic carbocycles. The Morgan fingerprint density at radius 1 is 1.03 bits per heavy atom. The summed E-state index contributed by atoms with van der Waals surface area (Å²) < 4.78 is 76.0. The van der Waals surface area contributed by atoms with Crippen molar-refractivity contribution in [2.75, 3.05) is 13.7 Å². The SMILES string of the molecule is COC(=O)C1(C)CNS(=O)(=O)c2c(-c3cccc(C(F)(F)F)c3)c(Cc3cccc4ccccc34)cc(=O)n21. The maximum atomic E-state index is 13.7. The summed E-state index contributed by atoms with van der Waals surface area (Å²) >= 11 is 0. The Morgan fingerprint density at radius 2 is 1.72 bits per heavy atom. The van der Waals surface area contributed by atoms with E-state index in [4.69, 9.17) is 4.74 Å². The van der Waals surface area contributed by atoms with Crippen molar-refractivity contribution in [2.24, 2.45) is 0 Å². The topological polar surface area (TPSA) is 94.5 Å².